The van der Waals surface area contributed by atoms with Crippen molar-refractivity contribution in [3.63, 3.8) is 0 Å². The summed E-state index contributed by atoms with van der Waals surface area (Å²) >= 11 is 3.47. The fraction of sp³-hybridized carbons (Fsp3) is 0.533. The van der Waals surface area contributed by atoms with Crippen molar-refractivity contribution >= 4 is 21.8 Å². The number of rotatable bonds is 3. The number of nitrogens with zero attached hydrogens (tertiary/aromatic N) is 1. The van der Waals surface area contributed by atoms with Crippen LogP contribution in [0.25, 0.3) is 0 Å². The molecule has 1 aromatic rings. The number of halogens is 1. The van der Waals surface area contributed by atoms with Gasteiger partial charge in [-0.1, -0.05) is 28.8 Å². The van der Waals surface area contributed by atoms with Gasteiger partial charge in [-0.3, -0.25) is 4.79 Å². The summed E-state index contributed by atoms with van der Waals surface area (Å²) < 4.78 is 1.06. The molecule has 0 heterocycles. The lowest BCUT2D eigenvalue weighted by Gasteiger charge is -2.28. The van der Waals surface area contributed by atoms with Crippen LogP contribution in [0.5, 0.6) is 0 Å². The third-order valence-electron chi connectivity index (χ3n) is 3.77. The van der Waals surface area contributed by atoms with Crippen molar-refractivity contribution < 1.29 is 4.79 Å². The Morgan fingerprint density at radius 2 is 2.06 bits per heavy atom. The summed E-state index contributed by atoms with van der Waals surface area (Å²) in [5.74, 6) is 0.181. The predicted octanol–water partition coefficient (Wildman–Crippen LogP) is 4.16. The number of carbonyl (C=O) groups excluding carboxylic acids is 1. The zero-order valence-corrected chi connectivity index (χ0v) is 12.7. The highest BCUT2D eigenvalue weighted by Gasteiger charge is 2.26. The van der Waals surface area contributed by atoms with Gasteiger partial charge in [-0.15, -0.1) is 0 Å². The molecular weight excluding hydrogens is 290 g/mol. The Labute approximate surface area is 117 Å². The maximum Gasteiger partial charge on any atom is 0.254 e. The standard InChI is InChI=1S/C15H20BrNO/c1-3-17(13-6-4-5-7-13)15(18)12-8-9-14(16)11(2)10-12/h8-10,13H,3-7H2,1-2H3. The Morgan fingerprint density at radius 3 is 2.61 bits per heavy atom. The fourth-order valence-corrected chi connectivity index (χ4v) is 2.97. The van der Waals surface area contributed by atoms with Crippen LogP contribution >= 0.6 is 15.9 Å². The first-order valence-corrected chi connectivity index (χ1v) is 7.50. The monoisotopic (exact) mass is 309 g/mol. The van der Waals surface area contributed by atoms with E-state index in [0.29, 0.717) is 6.04 Å². The molecule has 0 aromatic heterocycles. The molecule has 0 saturated heterocycles. The normalized spacial score (nSPS) is 15.9. The van der Waals surface area contributed by atoms with Crippen molar-refractivity contribution in [2.75, 3.05) is 6.54 Å². The largest absolute Gasteiger partial charge is 0.336 e. The molecule has 0 N–H and O–H groups in total. The Balaban J connectivity index is 2.19. The van der Waals surface area contributed by atoms with Crippen LogP contribution in [0.4, 0.5) is 0 Å². The fourth-order valence-electron chi connectivity index (χ4n) is 2.73. The Hall–Kier alpha value is -0.830. The predicted molar refractivity (Wildman–Crippen MR) is 77.8 cm³/mol. The highest BCUT2D eigenvalue weighted by molar-refractivity contribution is 9.10. The highest BCUT2D eigenvalue weighted by atomic mass is 79.9. The maximum atomic E-state index is 12.5. The minimum atomic E-state index is 0.181. The second-order valence-electron chi connectivity index (χ2n) is 4.99. The van der Waals surface area contributed by atoms with Gasteiger partial charge in [-0.05, 0) is 50.5 Å². The first-order valence-electron chi connectivity index (χ1n) is 6.70. The molecule has 18 heavy (non-hydrogen) atoms. The average Bonchev–Trinajstić information content (AvgIpc) is 2.87. The van der Waals surface area contributed by atoms with Gasteiger partial charge in [0.15, 0.2) is 0 Å². The molecule has 0 aliphatic heterocycles. The lowest BCUT2D eigenvalue weighted by atomic mass is 10.1. The summed E-state index contributed by atoms with van der Waals surface area (Å²) in [5, 5.41) is 0. The number of carbonyl (C=O) groups is 1. The number of hydrogen-bond donors (Lipinski definition) is 0. The van der Waals surface area contributed by atoms with E-state index in [2.05, 4.69) is 22.9 Å². The number of amides is 1. The zero-order chi connectivity index (χ0) is 13.1. The van der Waals surface area contributed by atoms with E-state index in [-0.39, 0.29) is 5.91 Å². The second-order valence-corrected chi connectivity index (χ2v) is 5.85. The summed E-state index contributed by atoms with van der Waals surface area (Å²) in [6.45, 7) is 4.90. The molecule has 98 valence electrons. The Bertz CT molecular complexity index is 438. The van der Waals surface area contributed by atoms with Crippen molar-refractivity contribution in [3.8, 4) is 0 Å². The minimum Gasteiger partial charge on any atom is -0.336 e. The number of aryl methyl sites for hydroxylation is 1. The van der Waals surface area contributed by atoms with Crippen molar-refractivity contribution in [3.05, 3.63) is 33.8 Å². The molecule has 1 saturated carbocycles. The summed E-state index contributed by atoms with van der Waals surface area (Å²) in [7, 11) is 0. The van der Waals surface area contributed by atoms with Crippen LogP contribution in [-0.2, 0) is 0 Å². The van der Waals surface area contributed by atoms with Gasteiger partial charge in [-0.25, -0.2) is 0 Å². The van der Waals surface area contributed by atoms with E-state index >= 15 is 0 Å². The first-order chi connectivity index (χ1) is 8.63. The molecule has 0 atom stereocenters. The van der Waals surface area contributed by atoms with E-state index < -0.39 is 0 Å². The quantitative estimate of drug-likeness (QED) is 0.821. The van der Waals surface area contributed by atoms with Crippen molar-refractivity contribution in [1.29, 1.82) is 0 Å². The van der Waals surface area contributed by atoms with Gasteiger partial charge in [0.1, 0.15) is 0 Å². The molecule has 0 radical (unpaired) electrons. The van der Waals surface area contributed by atoms with Gasteiger partial charge < -0.3 is 4.90 Å². The van der Waals surface area contributed by atoms with E-state index in [0.717, 1.165) is 35.0 Å². The maximum absolute atomic E-state index is 12.5. The van der Waals surface area contributed by atoms with E-state index in [1.807, 2.05) is 30.0 Å². The van der Waals surface area contributed by atoms with Crippen LogP contribution < -0.4 is 0 Å². The van der Waals surface area contributed by atoms with Crippen LogP contribution in [-0.4, -0.2) is 23.4 Å². The molecule has 3 heteroatoms. The lowest BCUT2D eigenvalue weighted by molar-refractivity contribution is 0.0693. The number of benzene rings is 1. The molecule has 1 aliphatic carbocycles. The van der Waals surface area contributed by atoms with Crippen molar-refractivity contribution in [2.24, 2.45) is 0 Å². The van der Waals surface area contributed by atoms with E-state index in [4.69, 9.17) is 0 Å². The number of hydrogen-bond acceptors (Lipinski definition) is 1. The molecule has 1 aromatic carbocycles. The van der Waals surface area contributed by atoms with Crippen LogP contribution in [0.3, 0.4) is 0 Å². The molecule has 0 spiro atoms. The van der Waals surface area contributed by atoms with Crippen LogP contribution in [0, 0.1) is 6.92 Å². The molecule has 2 nitrogen and oxygen atoms in total. The van der Waals surface area contributed by atoms with Gasteiger partial charge in [0.25, 0.3) is 5.91 Å². The second kappa shape index (κ2) is 5.87. The summed E-state index contributed by atoms with van der Waals surface area (Å²) in [4.78, 5) is 14.6. The molecule has 1 fully saturated rings. The van der Waals surface area contributed by atoms with Crippen LogP contribution in [0.15, 0.2) is 22.7 Å². The van der Waals surface area contributed by atoms with E-state index in [1.54, 1.807) is 0 Å². The molecule has 0 bridgehead atoms. The van der Waals surface area contributed by atoms with Gasteiger partial charge in [0.2, 0.25) is 0 Å². The van der Waals surface area contributed by atoms with Crippen molar-refractivity contribution in [2.45, 2.75) is 45.6 Å². The molecule has 1 amide bonds. The van der Waals surface area contributed by atoms with Gasteiger partial charge in [0, 0.05) is 22.6 Å². The molecule has 2 rings (SSSR count). The topological polar surface area (TPSA) is 20.3 Å². The minimum absolute atomic E-state index is 0.181. The van der Waals surface area contributed by atoms with Crippen LogP contribution in [0.1, 0.15) is 48.5 Å². The van der Waals surface area contributed by atoms with Crippen LogP contribution in [0.2, 0.25) is 0 Å². The smallest absolute Gasteiger partial charge is 0.254 e. The lowest BCUT2D eigenvalue weighted by Crippen LogP contribution is -2.38. The van der Waals surface area contributed by atoms with E-state index in [1.165, 1.54) is 12.8 Å². The van der Waals surface area contributed by atoms with Crippen molar-refractivity contribution in [1.82, 2.24) is 4.90 Å². The molecule has 0 unspecified atom stereocenters. The SMILES string of the molecule is CCN(C(=O)c1ccc(Br)c(C)c1)C1CCCC1. The Morgan fingerprint density at radius 1 is 1.39 bits per heavy atom. The average molecular weight is 310 g/mol. The van der Waals surface area contributed by atoms with Gasteiger partial charge in [-0.2, -0.15) is 0 Å². The third-order valence-corrected chi connectivity index (χ3v) is 4.66. The Kier molecular flexibility index (Phi) is 4.44. The highest BCUT2D eigenvalue weighted by Crippen LogP contribution is 2.25. The van der Waals surface area contributed by atoms with E-state index in [9.17, 15) is 4.79 Å². The summed E-state index contributed by atoms with van der Waals surface area (Å²) in [6.07, 6.45) is 4.84. The van der Waals surface area contributed by atoms with Gasteiger partial charge in [0.05, 0.1) is 0 Å². The summed E-state index contributed by atoms with van der Waals surface area (Å²) in [5.41, 5.74) is 1.92. The zero-order valence-electron chi connectivity index (χ0n) is 11.1. The molecule has 1 aliphatic rings. The van der Waals surface area contributed by atoms with Gasteiger partial charge >= 0.3 is 0 Å². The first kappa shape index (κ1) is 13.6. The summed E-state index contributed by atoms with van der Waals surface area (Å²) in [6, 6.07) is 6.30. The molecular formula is C15H20BrNO. The third kappa shape index (κ3) is 2.77.